The van der Waals surface area contributed by atoms with E-state index in [0.29, 0.717) is 11.3 Å². The summed E-state index contributed by atoms with van der Waals surface area (Å²) in [5, 5.41) is 16.5. The SMILES string of the molecule is C=C(C)c1ccc(C(=O)Nc2cccc3ccc(O)cc23)c2ccccc12. The van der Waals surface area contributed by atoms with E-state index in [1.165, 1.54) is 0 Å². The molecule has 4 rings (SSSR count). The summed E-state index contributed by atoms with van der Waals surface area (Å²) in [5.74, 6) is -0.0178. The topological polar surface area (TPSA) is 49.3 Å². The van der Waals surface area contributed by atoms with Crippen molar-refractivity contribution < 1.29 is 9.90 Å². The van der Waals surface area contributed by atoms with E-state index in [1.807, 2.05) is 67.6 Å². The van der Waals surface area contributed by atoms with Gasteiger partial charge in [-0.05, 0) is 52.9 Å². The number of benzene rings is 4. The van der Waals surface area contributed by atoms with Gasteiger partial charge in [-0.2, -0.15) is 0 Å². The van der Waals surface area contributed by atoms with E-state index in [9.17, 15) is 9.90 Å². The highest BCUT2D eigenvalue weighted by Gasteiger charge is 2.14. The highest BCUT2D eigenvalue weighted by molar-refractivity contribution is 6.16. The number of allylic oxidation sites excluding steroid dienone is 1. The van der Waals surface area contributed by atoms with E-state index in [-0.39, 0.29) is 11.7 Å². The van der Waals surface area contributed by atoms with Crippen molar-refractivity contribution in [1.29, 1.82) is 0 Å². The molecule has 0 aliphatic rings. The Morgan fingerprint density at radius 1 is 0.852 bits per heavy atom. The number of amides is 1. The summed E-state index contributed by atoms with van der Waals surface area (Å²) in [5.41, 5.74) is 3.27. The van der Waals surface area contributed by atoms with E-state index >= 15 is 0 Å². The molecule has 0 aliphatic heterocycles. The average molecular weight is 353 g/mol. The van der Waals surface area contributed by atoms with Crippen LogP contribution in [0.3, 0.4) is 0 Å². The maximum Gasteiger partial charge on any atom is 0.256 e. The summed E-state index contributed by atoms with van der Waals surface area (Å²) in [6, 6.07) is 22.4. The molecular weight excluding hydrogens is 334 g/mol. The first kappa shape index (κ1) is 16.9. The molecule has 0 fully saturated rings. The molecule has 3 heteroatoms. The lowest BCUT2D eigenvalue weighted by atomic mass is 9.96. The van der Waals surface area contributed by atoms with Crippen molar-refractivity contribution in [3.8, 4) is 5.75 Å². The largest absolute Gasteiger partial charge is 0.508 e. The number of anilines is 1. The van der Waals surface area contributed by atoms with Crippen molar-refractivity contribution in [2.75, 3.05) is 5.32 Å². The van der Waals surface area contributed by atoms with Crippen LogP contribution in [-0.2, 0) is 0 Å². The maximum absolute atomic E-state index is 13.0. The van der Waals surface area contributed by atoms with Gasteiger partial charge >= 0.3 is 0 Å². The van der Waals surface area contributed by atoms with Crippen LogP contribution in [0.2, 0.25) is 0 Å². The number of nitrogens with one attached hydrogen (secondary N) is 1. The highest BCUT2D eigenvalue weighted by Crippen LogP contribution is 2.30. The van der Waals surface area contributed by atoms with Crippen LogP contribution in [-0.4, -0.2) is 11.0 Å². The summed E-state index contributed by atoms with van der Waals surface area (Å²) in [4.78, 5) is 13.0. The van der Waals surface area contributed by atoms with Gasteiger partial charge < -0.3 is 10.4 Å². The molecule has 0 saturated carbocycles. The summed E-state index contributed by atoms with van der Waals surface area (Å²) in [6.45, 7) is 6.00. The molecule has 27 heavy (non-hydrogen) atoms. The molecule has 0 bridgehead atoms. The third-order valence-corrected chi connectivity index (χ3v) is 4.74. The zero-order chi connectivity index (χ0) is 19.0. The second kappa shape index (κ2) is 6.61. The lowest BCUT2D eigenvalue weighted by molar-refractivity contribution is 0.102. The molecule has 0 aromatic heterocycles. The lowest BCUT2D eigenvalue weighted by Crippen LogP contribution is -2.13. The normalized spacial score (nSPS) is 10.9. The van der Waals surface area contributed by atoms with Crippen molar-refractivity contribution in [1.82, 2.24) is 0 Å². The standard InChI is InChI=1S/C24H19NO2/c1-15(2)18-12-13-21(20-8-4-3-7-19(18)20)24(27)25-23-9-5-6-16-10-11-17(26)14-22(16)23/h3-14,26H,1H2,2H3,(H,25,27). The van der Waals surface area contributed by atoms with Gasteiger partial charge in [0.15, 0.2) is 0 Å². The van der Waals surface area contributed by atoms with Crippen LogP contribution in [0.4, 0.5) is 5.69 Å². The third-order valence-electron chi connectivity index (χ3n) is 4.74. The predicted molar refractivity (Wildman–Crippen MR) is 112 cm³/mol. The number of carbonyl (C=O) groups is 1. The fourth-order valence-corrected chi connectivity index (χ4v) is 3.43. The first-order chi connectivity index (χ1) is 13.0. The van der Waals surface area contributed by atoms with Crippen molar-refractivity contribution in [3.63, 3.8) is 0 Å². The van der Waals surface area contributed by atoms with Crippen LogP contribution in [0.25, 0.3) is 27.1 Å². The Labute approximate surface area is 157 Å². The second-order valence-electron chi connectivity index (χ2n) is 6.65. The van der Waals surface area contributed by atoms with Gasteiger partial charge in [-0.3, -0.25) is 4.79 Å². The minimum absolute atomic E-state index is 0.167. The van der Waals surface area contributed by atoms with Crippen molar-refractivity contribution in [2.45, 2.75) is 6.92 Å². The molecule has 132 valence electrons. The molecule has 0 saturated heterocycles. The van der Waals surface area contributed by atoms with Crippen LogP contribution in [0.5, 0.6) is 5.75 Å². The fraction of sp³-hybridized carbons (Fsp3) is 0.0417. The molecule has 4 aromatic carbocycles. The lowest BCUT2D eigenvalue weighted by Gasteiger charge is -2.13. The number of hydrogen-bond donors (Lipinski definition) is 2. The number of rotatable bonds is 3. The van der Waals surface area contributed by atoms with Crippen LogP contribution >= 0.6 is 0 Å². The number of aromatic hydroxyl groups is 1. The molecule has 1 amide bonds. The van der Waals surface area contributed by atoms with Gasteiger partial charge in [-0.25, -0.2) is 0 Å². The predicted octanol–water partition coefficient (Wildman–Crippen LogP) is 5.98. The van der Waals surface area contributed by atoms with Gasteiger partial charge in [-0.1, -0.05) is 60.7 Å². The van der Waals surface area contributed by atoms with Gasteiger partial charge in [0.25, 0.3) is 5.91 Å². The van der Waals surface area contributed by atoms with Crippen molar-refractivity contribution in [2.24, 2.45) is 0 Å². The van der Waals surface area contributed by atoms with Crippen LogP contribution in [0, 0.1) is 0 Å². The van der Waals surface area contributed by atoms with E-state index in [0.717, 1.165) is 32.7 Å². The van der Waals surface area contributed by atoms with Crippen molar-refractivity contribution >= 4 is 38.7 Å². The number of phenols is 1. The van der Waals surface area contributed by atoms with Gasteiger partial charge in [0, 0.05) is 16.6 Å². The molecule has 0 radical (unpaired) electrons. The summed E-state index contributed by atoms with van der Waals surface area (Å²) < 4.78 is 0. The smallest absolute Gasteiger partial charge is 0.256 e. The van der Waals surface area contributed by atoms with Crippen LogP contribution in [0.15, 0.2) is 79.4 Å². The van der Waals surface area contributed by atoms with Crippen LogP contribution in [0.1, 0.15) is 22.8 Å². The molecule has 4 aromatic rings. The zero-order valence-electron chi connectivity index (χ0n) is 15.0. The van der Waals surface area contributed by atoms with E-state index in [1.54, 1.807) is 12.1 Å². The molecular formula is C24H19NO2. The first-order valence-corrected chi connectivity index (χ1v) is 8.75. The summed E-state index contributed by atoms with van der Waals surface area (Å²) >= 11 is 0. The average Bonchev–Trinajstić information content (AvgIpc) is 2.67. The Hall–Kier alpha value is -3.59. The zero-order valence-corrected chi connectivity index (χ0v) is 15.0. The quantitative estimate of drug-likeness (QED) is 0.476. The minimum Gasteiger partial charge on any atom is -0.508 e. The highest BCUT2D eigenvalue weighted by atomic mass is 16.3. The maximum atomic E-state index is 13.0. The Balaban J connectivity index is 1.80. The summed E-state index contributed by atoms with van der Waals surface area (Å²) in [6.07, 6.45) is 0. The number of phenolic OH excluding ortho intramolecular Hbond substituents is 1. The summed E-state index contributed by atoms with van der Waals surface area (Å²) in [7, 11) is 0. The molecule has 0 atom stereocenters. The van der Waals surface area contributed by atoms with E-state index < -0.39 is 0 Å². The number of carbonyl (C=O) groups excluding carboxylic acids is 1. The first-order valence-electron chi connectivity index (χ1n) is 8.75. The molecule has 2 N–H and O–H groups in total. The number of hydrogen-bond acceptors (Lipinski definition) is 2. The van der Waals surface area contributed by atoms with Gasteiger partial charge in [0.05, 0.1) is 0 Å². The van der Waals surface area contributed by atoms with Crippen molar-refractivity contribution in [3.05, 3.63) is 90.5 Å². The molecule has 0 aliphatic carbocycles. The van der Waals surface area contributed by atoms with E-state index in [4.69, 9.17) is 0 Å². The molecule has 3 nitrogen and oxygen atoms in total. The number of fused-ring (bicyclic) bond motifs is 2. The van der Waals surface area contributed by atoms with E-state index in [2.05, 4.69) is 11.9 Å². The third kappa shape index (κ3) is 3.04. The van der Waals surface area contributed by atoms with Gasteiger partial charge in [0.1, 0.15) is 5.75 Å². The second-order valence-corrected chi connectivity index (χ2v) is 6.65. The molecule has 0 heterocycles. The fourth-order valence-electron chi connectivity index (χ4n) is 3.43. The minimum atomic E-state index is -0.185. The van der Waals surface area contributed by atoms with Crippen LogP contribution < -0.4 is 5.32 Å². The van der Waals surface area contributed by atoms with Gasteiger partial charge in [-0.15, -0.1) is 0 Å². The Morgan fingerprint density at radius 2 is 1.56 bits per heavy atom. The Morgan fingerprint density at radius 3 is 2.30 bits per heavy atom. The Kier molecular flexibility index (Phi) is 4.13. The molecule has 0 spiro atoms. The Bertz CT molecular complexity index is 1210. The monoisotopic (exact) mass is 353 g/mol. The van der Waals surface area contributed by atoms with Gasteiger partial charge in [0.2, 0.25) is 0 Å². The molecule has 0 unspecified atom stereocenters.